The van der Waals surface area contributed by atoms with Gasteiger partial charge in [0, 0.05) is 26.0 Å². The Morgan fingerprint density at radius 1 is 1.65 bits per heavy atom. The zero-order valence-electron chi connectivity index (χ0n) is 10.7. The summed E-state index contributed by atoms with van der Waals surface area (Å²) in [6, 6.07) is 0. The van der Waals surface area contributed by atoms with E-state index in [9.17, 15) is 4.79 Å². The molecule has 96 valence electrons. The molecule has 6 heteroatoms. The highest BCUT2D eigenvalue weighted by Gasteiger charge is 2.25. The summed E-state index contributed by atoms with van der Waals surface area (Å²) in [5.41, 5.74) is 10.1. The third-order valence-corrected chi connectivity index (χ3v) is 2.91. The normalized spacial score (nSPS) is 14.9. The zero-order chi connectivity index (χ0) is 13.1. The van der Waals surface area contributed by atoms with Gasteiger partial charge in [-0.05, 0) is 20.4 Å². The molecule has 1 aromatic rings. The van der Waals surface area contributed by atoms with Gasteiger partial charge >= 0.3 is 0 Å². The predicted octanol–water partition coefficient (Wildman–Crippen LogP) is -0.555. The van der Waals surface area contributed by atoms with Crippen molar-refractivity contribution < 1.29 is 4.79 Å². The Labute approximate surface area is 102 Å². The number of hydrogen-bond donors (Lipinski definition) is 2. The maximum absolute atomic E-state index is 11.1. The highest BCUT2D eigenvalue weighted by Crippen LogP contribution is 2.07. The quantitative estimate of drug-likeness (QED) is 0.696. The number of nitrogens with two attached hydrogens (primary N) is 2. The molecular weight excluding hydrogens is 218 g/mol. The molecule has 0 aliphatic rings. The van der Waals surface area contributed by atoms with Crippen LogP contribution >= 0.6 is 0 Å². The van der Waals surface area contributed by atoms with Crippen molar-refractivity contribution in [2.75, 3.05) is 13.6 Å². The standard InChI is InChI=1S/C11H21N5O/c1-11(13,10(12)17)4-6-15(2)8-9-14-5-7-16(9)3/h5,7H,4,6,8,13H2,1-3H3,(H2,12,17). The molecule has 0 radical (unpaired) electrons. The third kappa shape index (κ3) is 3.83. The van der Waals surface area contributed by atoms with E-state index in [-0.39, 0.29) is 0 Å². The van der Waals surface area contributed by atoms with Crippen LogP contribution in [-0.4, -0.2) is 39.5 Å². The maximum atomic E-state index is 11.1. The Balaban J connectivity index is 2.43. The summed E-state index contributed by atoms with van der Waals surface area (Å²) in [5.74, 6) is 0.508. The molecule has 0 aromatic carbocycles. The van der Waals surface area contributed by atoms with Gasteiger partial charge in [0.25, 0.3) is 0 Å². The summed E-state index contributed by atoms with van der Waals surface area (Å²) in [5, 5.41) is 0. The van der Waals surface area contributed by atoms with E-state index < -0.39 is 11.4 Å². The molecule has 1 atom stereocenters. The van der Waals surface area contributed by atoms with E-state index in [0.717, 1.165) is 12.4 Å². The first kappa shape index (κ1) is 13.7. The minimum Gasteiger partial charge on any atom is -0.368 e. The van der Waals surface area contributed by atoms with Crippen LogP contribution in [0.2, 0.25) is 0 Å². The minimum absolute atomic E-state index is 0.470. The fraction of sp³-hybridized carbons (Fsp3) is 0.636. The zero-order valence-corrected chi connectivity index (χ0v) is 10.7. The predicted molar refractivity (Wildman–Crippen MR) is 65.9 cm³/mol. The third-order valence-electron chi connectivity index (χ3n) is 2.91. The fourth-order valence-corrected chi connectivity index (χ4v) is 1.42. The molecule has 0 bridgehead atoms. The van der Waals surface area contributed by atoms with Crippen LogP contribution in [0.3, 0.4) is 0 Å². The molecule has 4 N–H and O–H groups in total. The second-order valence-electron chi connectivity index (χ2n) is 4.72. The first-order valence-electron chi connectivity index (χ1n) is 5.56. The van der Waals surface area contributed by atoms with Crippen molar-refractivity contribution in [2.45, 2.75) is 25.4 Å². The molecule has 0 saturated carbocycles. The summed E-state index contributed by atoms with van der Waals surface area (Å²) in [6.07, 6.45) is 4.20. The van der Waals surface area contributed by atoms with Crippen LogP contribution in [-0.2, 0) is 18.4 Å². The van der Waals surface area contributed by atoms with Crippen LogP contribution in [0.4, 0.5) is 0 Å². The fourth-order valence-electron chi connectivity index (χ4n) is 1.42. The number of carbonyl (C=O) groups excluding carboxylic acids is 1. The van der Waals surface area contributed by atoms with Gasteiger partial charge in [0.2, 0.25) is 5.91 Å². The molecule has 6 nitrogen and oxygen atoms in total. The van der Waals surface area contributed by atoms with E-state index in [1.807, 2.05) is 24.9 Å². The van der Waals surface area contributed by atoms with Gasteiger partial charge in [-0.3, -0.25) is 9.69 Å². The summed E-state index contributed by atoms with van der Waals surface area (Å²) in [7, 11) is 3.92. The Hall–Kier alpha value is -1.40. The first-order chi connectivity index (χ1) is 7.83. The highest BCUT2D eigenvalue weighted by molar-refractivity contribution is 5.83. The van der Waals surface area contributed by atoms with Crippen molar-refractivity contribution in [3.8, 4) is 0 Å². The summed E-state index contributed by atoms with van der Waals surface area (Å²) < 4.78 is 1.96. The van der Waals surface area contributed by atoms with Crippen molar-refractivity contribution in [2.24, 2.45) is 18.5 Å². The van der Waals surface area contributed by atoms with Gasteiger partial charge < -0.3 is 16.0 Å². The largest absolute Gasteiger partial charge is 0.368 e. The number of carbonyl (C=O) groups is 1. The first-order valence-corrected chi connectivity index (χ1v) is 5.56. The highest BCUT2D eigenvalue weighted by atomic mass is 16.1. The lowest BCUT2D eigenvalue weighted by atomic mass is 9.98. The summed E-state index contributed by atoms with van der Waals surface area (Å²) >= 11 is 0. The van der Waals surface area contributed by atoms with Crippen molar-refractivity contribution >= 4 is 5.91 Å². The van der Waals surface area contributed by atoms with E-state index >= 15 is 0 Å². The van der Waals surface area contributed by atoms with Crippen molar-refractivity contribution in [3.63, 3.8) is 0 Å². The van der Waals surface area contributed by atoms with E-state index in [4.69, 9.17) is 11.5 Å². The van der Waals surface area contributed by atoms with E-state index in [1.54, 1.807) is 13.1 Å². The van der Waals surface area contributed by atoms with Crippen LogP contribution < -0.4 is 11.5 Å². The Bertz CT molecular complexity index is 385. The van der Waals surface area contributed by atoms with Crippen molar-refractivity contribution in [1.82, 2.24) is 14.5 Å². The second kappa shape index (κ2) is 5.29. The topological polar surface area (TPSA) is 90.2 Å². The molecular formula is C11H21N5O. The van der Waals surface area contributed by atoms with Gasteiger partial charge in [-0.2, -0.15) is 0 Å². The van der Waals surface area contributed by atoms with Crippen LogP contribution in [0.5, 0.6) is 0 Å². The SMILES string of the molecule is CN(CCC(C)(N)C(N)=O)Cc1nccn1C. The van der Waals surface area contributed by atoms with E-state index in [1.165, 1.54) is 0 Å². The van der Waals surface area contributed by atoms with Gasteiger partial charge in [0.1, 0.15) is 5.82 Å². The number of imidazole rings is 1. The number of hydrogen-bond acceptors (Lipinski definition) is 4. The van der Waals surface area contributed by atoms with E-state index in [0.29, 0.717) is 13.0 Å². The van der Waals surface area contributed by atoms with E-state index in [2.05, 4.69) is 9.88 Å². The van der Waals surface area contributed by atoms with Gasteiger partial charge in [-0.15, -0.1) is 0 Å². The molecule has 17 heavy (non-hydrogen) atoms. The Morgan fingerprint density at radius 3 is 2.76 bits per heavy atom. The molecule has 0 saturated heterocycles. The lowest BCUT2D eigenvalue weighted by molar-refractivity contribution is -0.122. The average Bonchev–Trinajstić information content (AvgIpc) is 2.61. The average molecular weight is 239 g/mol. The van der Waals surface area contributed by atoms with Crippen LogP contribution in [0.15, 0.2) is 12.4 Å². The van der Waals surface area contributed by atoms with Gasteiger partial charge in [0.05, 0.1) is 12.1 Å². The molecule has 0 aliphatic heterocycles. The van der Waals surface area contributed by atoms with Crippen molar-refractivity contribution in [3.05, 3.63) is 18.2 Å². The molecule has 1 heterocycles. The number of primary amides is 1. The molecule has 1 unspecified atom stereocenters. The number of aryl methyl sites for hydroxylation is 1. The number of aromatic nitrogens is 2. The summed E-state index contributed by atoms with van der Waals surface area (Å²) in [4.78, 5) is 17.4. The molecule has 0 aliphatic carbocycles. The van der Waals surface area contributed by atoms with Crippen LogP contribution in [0.25, 0.3) is 0 Å². The van der Waals surface area contributed by atoms with Crippen LogP contribution in [0, 0.1) is 0 Å². The lowest BCUT2D eigenvalue weighted by Crippen LogP contribution is -2.50. The van der Waals surface area contributed by atoms with Gasteiger partial charge in [-0.25, -0.2) is 4.98 Å². The molecule has 0 spiro atoms. The number of rotatable bonds is 6. The number of amides is 1. The summed E-state index contributed by atoms with van der Waals surface area (Å²) in [6.45, 7) is 3.07. The van der Waals surface area contributed by atoms with Crippen LogP contribution in [0.1, 0.15) is 19.2 Å². The molecule has 0 fully saturated rings. The van der Waals surface area contributed by atoms with Gasteiger partial charge in [0.15, 0.2) is 0 Å². The number of nitrogens with zero attached hydrogens (tertiary/aromatic N) is 3. The Kier molecular flexibility index (Phi) is 4.25. The van der Waals surface area contributed by atoms with Gasteiger partial charge in [-0.1, -0.05) is 0 Å². The lowest BCUT2D eigenvalue weighted by Gasteiger charge is -2.24. The molecule has 1 aromatic heterocycles. The molecule has 1 amide bonds. The second-order valence-corrected chi connectivity index (χ2v) is 4.72. The monoisotopic (exact) mass is 239 g/mol. The minimum atomic E-state index is -0.949. The smallest absolute Gasteiger partial charge is 0.237 e. The van der Waals surface area contributed by atoms with Crippen molar-refractivity contribution in [1.29, 1.82) is 0 Å². The molecule has 1 rings (SSSR count). The maximum Gasteiger partial charge on any atom is 0.237 e. The Morgan fingerprint density at radius 2 is 2.29 bits per heavy atom.